The first kappa shape index (κ1) is 15.8. The molecule has 1 heterocycles. The SMILES string of the molecule is CC(C)NCc1cccc(Cl)c1OCc1sccc1Br. The maximum absolute atomic E-state index is 6.26. The number of rotatable bonds is 6. The number of nitrogens with one attached hydrogen (secondary N) is 1. The van der Waals surface area contributed by atoms with E-state index in [9.17, 15) is 0 Å². The zero-order chi connectivity index (χ0) is 14.5. The van der Waals surface area contributed by atoms with Crippen LogP contribution in [0.15, 0.2) is 34.1 Å². The summed E-state index contributed by atoms with van der Waals surface area (Å²) in [6.45, 7) is 5.51. The molecule has 0 unspecified atom stereocenters. The van der Waals surface area contributed by atoms with Gasteiger partial charge in [0.15, 0.2) is 0 Å². The average Bonchev–Trinajstić information content (AvgIpc) is 2.81. The van der Waals surface area contributed by atoms with E-state index < -0.39 is 0 Å². The Morgan fingerprint density at radius 2 is 2.15 bits per heavy atom. The fourth-order valence-corrected chi connectivity index (χ4v) is 3.36. The molecule has 1 aromatic heterocycles. The predicted octanol–water partition coefficient (Wildman–Crippen LogP) is 5.24. The topological polar surface area (TPSA) is 21.3 Å². The largest absolute Gasteiger partial charge is 0.486 e. The molecule has 0 saturated carbocycles. The maximum Gasteiger partial charge on any atom is 0.142 e. The van der Waals surface area contributed by atoms with Crippen molar-refractivity contribution in [1.82, 2.24) is 5.32 Å². The number of halogens is 2. The van der Waals surface area contributed by atoms with Crippen molar-refractivity contribution in [3.05, 3.63) is 49.6 Å². The fraction of sp³-hybridized carbons (Fsp3) is 0.333. The summed E-state index contributed by atoms with van der Waals surface area (Å²) >= 11 is 11.4. The van der Waals surface area contributed by atoms with E-state index in [1.54, 1.807) is 11.3 Å². The van der Waals surface area contributed by atoms with Crippen LogP contribution in [-0.4, -0.2) is 6.04 Å². The Hall–Kier alpha value is -0.550. The highest BCUT2D eigenvalue weighted by Gasteiger charge is 2.10. The highest BCUT2D eigenvalue weighted by molar-refractivity contribution is 9.10. The van der Waals surface area contributed by atoms with Crippen LogP contribution >= 0.6 is 38.9 Å². The van der Waals surface area contributed by atoms with Crippen molar-refractivity contribution in [2.75, 3.05) is 0 Å². The number of hydrogen-bond acceptors (Lipinski definition) is 3. The molecule has 2 rings (SSSR count). The van der Waals surface area contributed by atoms with Gasteiger partial charge in [0.2, 0.25) is 0 Å². The summed E-state index contributed by atoms with van der Waals surface area (Å²) in [6, 6.07) is 8.30. The standard InChI is InChI=1S/C15H17BrClNOS/c1-10(2)18-8-11-4-3-5-13(17)15(11)19-9-14-12(16)6-7-20-14/h3-7,10,18H,8-9H2,1-2H3. The van der Waals surface area contributed by atoms with Crippen molar-refractivity contribution in [3.8, 4) is 5.75 Å². The van der Waals surface area contributed by atoms with Crippen LogP contribution in [0.5, 0.6) is 5.75 Å². The molecule has 0 bridgehead atoms. The normalized spacial score (nSPS) is 11.1. The second kappa shape index (κ2) is 7.46. The lowest BCUT2D eigenvalue weighted by atomic mass is 10.2. The van der Waals surface area contributed by atoms with E-state index >= 15 is 0 Å². The minimum atomic E-state index is 0.424. The lowest BCUT2D eigenvalue weighted by molar-refractivity contribution is 0.305. The third kappa shape index (κ3) is 4.22. The molecule has 108 valence electrons. The lowest BCUT2D eigenvalue weighted by Gasteiger charge is -2.15. The number of para-hydroxylation sites is 1. The minimum Gasteiger partial charge on any atom is -0.486 e. The van der Waals surface area contributed by atoms with Crippen LogP contribution in [0.1, 0.15) is 24.3 Å². The molecule has 0 saturated heterocycles. The van der Waals surface area contributed by atoms with Gasteiger partial charge in [0.25, 0.3) is 0 Å². The number of ether oxygens (including phenoxy) is 1. The van der Waals surface area contributed by atoms with Gasteiger partial charge in [-0.25, -0.2) is 0 Å². The Bertz CT molecular complexity index is 571. The number of benzene rings is 1. The zero-order valence-corrected chi connectivity index (χ0v) is 14.6. The second-order valence-electron chi connectivity index (χ2n) is 4.74. The van der Waals surface area contributed by atoms with Gasteiger partial charge in [-0.05, 0) is 33.4 Å². The van der Waals surface area contributed by atoms with Crippen LogP contribution in [0.4, 0.5) is 0 Å². The van der Waals surface area contributed by atoms with Crippen molar-refractivity contribution in [1.29, 1.82) is 0 Å². The molecular formula is C15H17BrClNOS. The minimum absolute atomic E-state index is 0.424. The zero-order valence-electron chi connectivity index (χ0n) is 11.5. The molecule has 5 heteroatoms. The molecule has 0 spiro atoms. The van der Waals surface area contributed by atoms with Gasteiger partial charge in [-0.2, -0.15) is 0 Å². The molecule has 0 fully saturated rings. The highest BCUT2D eigenvalue weighted by Crippen LogP contribution is 2.31. The first-order valence-corrected chi connectivity index (χ1v) is 8.48. The Morgan fingerprint density at radius 1 is 1.35 bits per heavy atom. The first-order chi connectivity index (χ1) is 9.58. The molecule has 0 amide bonds. The third-order valence-electron chi connectivity index (χ3n) is 2.79. The maximum atomic E-state index is 6.26. The van der Waals surface area contributed by atoms with Crippen LogP contribution in [0.2, 0.25) is 5.02 Å². The molecule has 0 aliphatic carbocycles. The van der Waals surface area contributed by atoms with Crippen LogP contribution in [0.3, 0.4) is 0 Å². The molecule has 2 aromatic rings. The molecular weight excluding hydrogens is 358 g/mol. The van der Waals surface area contributed by atoms with Gasteiger partial charge in [0.05, 0.1) is 9.90 Å². The van der Waals surface area contributed by atoms with E-state index in [1.807, 2.05) is 29.6 Å². The van der Waals surface area contributed by atoms with E-state index in [4.69, 9.17) is 16.3 Å². The predicted molar refractivity (Wildman–Crippen MR) is 89.8 cm³/mol. The van der Waals surface area contributed by atoms with Crippen molar-refractivity contribution in [3.63, 3.8) is 0 Å². The van der Waals surface area contributed by atoms with Gasteiger partial charge in [-0.1, -0.05) is 37.6 Å². The quantitative estimate of drug-likeness (QED) is 0.746. The van der Waals surface area contributed by atoms with Gasteiger partial charge in [0.1, 0.15) is 12.4 Å². The van der Waals surface area contributed by atoms with Gasteiger partial charge in [-0.15, -0.1) is 11.3 Å². The third-order valence-corrected chi connectivity index (χ3v) is 4.99. The Kier molecular flexibility index (Phi) is 5.90. The smallest absolute Gasteiger partial charge is 0.142 e. The summed E-state index contributed by atoms with van der Waals surface area (Å²) in [4.78, 5) is 1.16. The van der Waals surface area contributed by atoms with Gasteiger partial charge < -0.3 is 10.1 Å². The van der Waals surface area contributed by atoms with Gasteiger partial charge in [0, 0.05) is 22.6 Å². The molecule has 2 nitrogen and oxygen atoms in total. The molecule has 0 aliphatic rings. The van der Waals surface area contributed by atoms with Crippen molar-refractivity contribution in [2.24, 2.45) is 0 Å². The first-order valence-electron chi connectivity index (χ1n) is 6.43. The lowest BCUT2D eigenvalue weighted by Crippen LogP contribution is -2.22. The summed E-state index contributed by atoms with van der Waals surface area (Å²) in [5.74, 6) is 0.766. The number of thiophene rings is 1. The van der Waals surface area contributed by atoms with Crippen LogP contribution < -0.4 is 10.1 Å². The van der Waals surface area contributed by atoms with Crippen LogP contribution in [-0.2, 0) is 13.2 Å². The molecule has 1 aromatic carbocycles. The molecule has 20 heavy (non-hydrogen) atoms. The summed E-state index contributed by atoms with van der Waals surface area (Å²) in [5, 5.41) is 6.08. The van der Waals surface area contributed by atoms with Crippen molar-refractivity contribution >= 4 is 38.9 Å². The molecule has 0 radical (unpaired) electrons. The molecule has 1 N–H and O–H groups in total. The van der Waals surface area contributed by atoms with E-state index in [-0.39, 0.29) is 0 Å². The van der Waals surface area contributed by atoms with Crippen molar-refractivity contribution in [2.45, 2.75) is 33.0 Å². The summed E-state index contributed by atoms with van der Waals surface area (Å²) in [5.41, 5.74) is 1.08. The van der Waals surface area contributed by atoms with E-state index in [0.717, 1.165) is 27.2 Å². The Balaban J connectivity index is 2.11. The van der Waals surface area contributed by atoms with Gasteiger partial charge in [-0.3, -0.25) is 0 Å². The summed E-state index contributed by atoms with van der Waals surface area (Å²) in [6.07, 6.45) is 0. The summed E-state index contributed by atoms with van der Waals surface area (Å²) < 4.78 is 7.01. The van der Waals surface area contributed by atoms with E-state index in [1.165, 1.54) is 0 Å². The monoisotopic (exact) mass is 373 g/mol. The van der Waals surface area contributed by atoms with E-state index in [2.05, 4.69) is 35.1 Å². The summed E-state index contributed by atoms with van der Waals surface area (Å²) in [7, 11) is 0. The highest BCUT2D eigenvalue weighted by atomic mass is 79.9. The van der Waals surface area contributed by atoms with Gasteiger partial charge >= 0.3 is 0 Å². The molecule has 0 aliphatic heterocycles. The Labute approximate surface area is 137 Å². The van der Waals surface area contributed by atoms with Crippen LogP contribution in [0, 0.1) is 0 Å². The van der Waals surface area contributed by atoms with Crippen molar-refractivity contribution < 1.29 is 4.74 Å². The van der Waals surface area contributed by atoms with E-state index in [0.29, 0.717) is 17.7 Å². The number of hydrogen-bond donors (Lipinski definition) is 1. The fourth-order valence-electron chi connectivity index (χ4n) is 1.73. The second-order valence-corrected chi connectivity index (χ2v) is 7.01. The average molecular weight is 375 g/mol. The Morgan fingerprint density at radius 3 is 2.80 bits per heavy atom. The molecule has 0 atom stereocenters. The van der Waals surface area contributed by atoms with Crippen LogP contribution in [0.25, 0.3) is 0 Å².